The van der Waals surface area contributed by atoms with Crippen LogP contribution in [-0.2, 0) is 42.3 Å². The van der Waals surface area contributed by atoms with Gasteiger partial charge < -0.3 is 19.4 Å². The van der Waals surface area contributed by atoms with Gasteiger partial charge in [0, 0.05) is 26.6 Å². The summed E-state index contributed by atoms with van der Waals surface area (Å²) in [4.78, 5) is 31.3. The lowest BCUT2D eigenvalue weighted by Crippen LogP contribution is -2.46. The van der Waals surface area contributed by atoms with Crippen LogP contribution < -0.4 is 9.62 Å². The van der Waals surface area contributed by atoms with E-state index >= 15 is 0 Å². The zero-order chi connectivity index (χ0) is 35.8. The van der Waals surface area contributed by atoms with Gasteiger partial charge in [-0.1, -0.05) is 12.1 Å². The fourth-order valence-electron chi connectivity index (χ4n) is 6.43. The van der Waals surface area contributed by atoms with Gasteiger partial charge in [0.1, 0.15) is 11.6 Å². The zero-order valence-electron chi connectivity index (χ0n) is 27.4. The van der Waals surface area contributed by atoms with E-state index in [0.29, 0.717) is 41.9 Å². The number of carbonyl (C=O) groups excluding carboxylic acids is 2. The van der Waals surface area contributed by atoms with Crippen LogP contribution in [0.2, 0.25) is 0 Å². The van der Waals surface area contributed by atoms with Crippen molar-refractivity contribution < 1.29 is 45.0 Å². The lowest BCUT2D eigenvalue weighted by molar-refractivity contribution is -0.156. The Hall–Kier alpha value is -4.50. The number of benzene rings is 3. The molecule has 0 radical (unpaired) electrons. The minimum Gasteiger partial charge on any atom is -0.469 e. The maximum Gasteiger partial charge on any atom is 0.416 e. The molecule has 1 saturated carbocycles. The number of nitrogens with one attached hydrogen (secondary N) is 1. The van der Waals surface area contributed by atoms with E-state index in [2.05, 4.69) is 10.3 Å². The van der Waals surface area contributed by atoms with Gasteiger partial charge in [-0.05, 0) is 80.8 Å². The highest BCUT2D eigenvalue weighted by Gasteiger charge is 2.48. The Bertz CT molecular complexity index is 1980. The summed E-state index contributed by atoms with van der Waals surface area (Å²) in [5.41, 5.74) is 0.544. The number of carbonyl (C=O) groups is 2. The number of methoxy groups -OCH3 is 1. The van der Waals surface area contributed by atoms with Crippen molar-refractivity contribution in [1.29, 1.82) is 0 Å². The Morgan fingerprint density at radius 1 is 1.06 bits per heavy atom. The van der Waals surface area contributed by atoms with E-state index in [1.165, 1.54) is 26.3 Å². The average molecular weight is 705 g/mol. The highest BCUT2D eigenvalue weighted by Crippen LogP contribution is 2.45. The first-order chi connectivity index (χ1) is 23.1. The van der Waals surface area contributed by atoms with Crippen molar-refractivity contribution in [3.05, 3.63) is 83.4 Å². The van der Waals surface area contributed by atoms with Gasteiger partial charge in [-0.3, -0.25) is 13.9 Å². The molecule has 1 heterocycles. The number of hydrogen-bond acceptors (Lipinski definition) is 7. The van der Waals surface area contributed by atoms with Crippen LogP contribution in [-0.4, -0.2) is 56.7 Å². The molecule has 1 aromatic heterocycles. The van der Waals surface area contributed by atoms with Crippen molar-refractivity contribution in [2.75, 3.05) is 30.4 Å². The van der Waals surface area contributed by atoms with Crippen LogP contribution in [0.1, 0.15) is 42.6 Å². The maximum atomic E-state index is 14.6. The lowest BCUT2D eigenvalue weighted by Gasteiger charge is -2.41. The van der Waals surface area contributed by atoms with Crippen molar-refractivity contribution >= 4 is 44.3 Å². The highest BCUT2D eigenvalue weighted by molar-refractivity contribution is 7.92. The summed E-state index contributed by atoms with van der Waals surface area (Å²) in [5, 5.41) is 2.35. The summed E-state index contributed by atoms with van der Waals surface area (Å²) in [6, 6.07) is 12.9. The number of aromatic nitrogens is 2. The third-order valence-electron chi connectivity index (χ3n) is 9.10. The summed E-state index contributed by atoms with van der Waals surface area (Å²) in [6.45, 7) is 3.90. The number of rotatable bonds is 9. The van der Waals surface area contributed by atoms with E-state index in [9.17, 15) is 35.6 Å². The van der Waals surface area contributed by atoms with Gasteiger partial charge in [0.2, 0.25) is 5.91 Å². The summed E-state index contributed by atoms with van der Waals surface area (Å²) >= 11 is 0. The monoisotopic (exact) mass is 704 g/mol. The molecule has 1 N–H and O–H groups in total. The van der Waals surface area contributed by atoms with Gasteiger partial charge in [0.25, 0.3) is 10.0 Å². The topological polar surface area (TPSA) is 120 Å². The van der Waals surface area contributed by atoms with E-state index in [1.807, 2.05) is 18.5 Å². The summed E-state index contributed by atoms with van der Waals surface area (Å²) < 4.78 is 95.1. The summed E-state index contributed by atoms with van der Waals surface area (Å²) in [6.07, 6.45) is -4.84. The molecule has 0 spiro atoms. The quantitative estimate of drug-likeness (QED) is 0.163. The number of alkyl halides is 3. The molecule has 5 rings (SSSR count). The second-order valence-electron chi connectivity index (χ2n) is 11.9. The number of ether oxygens (including phenoxy) is 2. The van der Waals surface area contributed by atoms with Gasteiger partial charge in [-0.15, -0.1) is 0 Å². The van der Waals surface area contributed by atoms with E-state index in [0.717, 1.165) is 21.7 Å². The van der Waals surface area contributed by atoms with Crippen molar-refractivity contribution in [3.63, 3.8) is 0 Å². The Morgan fingerprint density at radius 3 is 2.37 bits per heavy atom. The Balaban J connectivity index is 1.44. The van der Waals surface area contributed by atoms with Crippen LogP contribution in [0.4, 0.5) is 28.9 Å². The second kappa shape index (κ2) is 13.8. The third-order valence-corrected chi connectivity index (χ3v) is 10.9. The number of amides is 1. The molecule has 1 fully saturated rings. The first-order valence-corrected chi connectivity index (χ1v) is 16.9. The molecule has 3 aromatic carbocycles. The van der Waals surface area contributed by atoms with E-state index in [-0.39, 0.29) is 11.3 Å². The number of nitrogens with zero attached hydrogens (tertiary/aromatic N) is 3. The van der Waals surface area contributed by atoms with Crippen LogP contribution in [0.3, 0.4) is 0 Å². The number of fused-ring (bicyclic) bond motifs is 1. The van der Waals surface area contributed by atoms with Gasteiger partial charge in [-0.25, -0.2) is 17.8 Å². The van der Waals surface area contributed by atoms with Crippen molar-refractivity contribution in [3.8, 4) is 0 Å². The Kier molecular flexibility index (Phi) is 10.1. The molecular weight excluding hydrogens is 668 g/mol. The zero-order valence-corrected chi connectivity index (χ0v) is 28.2. The fraction of sp³-hybridized carbons (Fsp3) is 0.382. The van der Waals surface area contributed by atoms with Gasteiger partial charge >= 0.3 is 12.1 Å². The van der Waals surface area contributed by atoms with Crippen LogP contribution in [0, 0.1) is 24.6 Å². The molecule has 1 amide bonds. The molecular formula is C34H36F4N4O6S. The Morgan fingerprint density at radius 2 is 1.76 bits per heavy atom. The number of anilines is 2. The molecule has 4 aromatic rings. The average Bonchev–Trinajstić information content (AvgIpc) is 3.36. The molecule has 0 aliphatic heterocycles. The minimum atomic E-state index is -4.77. The van der Waals surface area contributed by atoms with E-state index in [1.54, 1.807) is 37.3 Å². The van der Waals surface area contributed by atoms with Gasteiger partial charge in [0.05, 0.1) is 57.9 Å². The second-order valence-corrected chi connectivity index (χ2v) is 13.8. The Labute approximate surface area is 281 Å². The van der Waals surface area contributed by atoms with Gasteiger partial charge in [-0.2, -0.15) is 13.2 Å². The van der Waals surface area contributed by atoms with E-state index < -0.39 is 69.0 Å². The standard InChI is InChI=1S/C34H36F4N4O6S/c1-6-48-29-16-13-24(32(43)40-26-14-9-21(17-25(26)35)34(36,37)38)31(33(44)47-5)30(29)20-7-10-22(11-8-20)42(4)49(45,46)23-12-15-28-27(18-23)39-19(2)41(28)3/h7-12,14-15,17-18,24,29-31H,6,13,16H2,1-5H3,(H,40,43)/t24-,29-,30+,31+/m1/s1. The first-order valence-electron chi connectivity index (χ1n) is 15.5. The molecule has 49 heavy (non-hydrogen) atoms. The van der Waals surface area contributed by atoms with Crippen LogP contribution in [0.15, 0.2) is 65.6 Å². The van der Waals surface area contributed by atoms with Crippen LogP contribution in [0.25, 0.3) is 11.0 Å². The molecule has 1 aliphatic rings. The number of halogens is 4. The van der Waals surface area contributed by atoms with Crippen molar-refractivity contribution in [2.45, 2.75) is 49.8 Å². The molecule has 0 saturated heterocycles. The molecule has 4 atom stereocenters. The molecule has 262 valence electrons. The number of sulfonamides is 1. The van der Waals surface area contributed by atoms with Gasteiger partial charge in [0.15, 0.2) is 0 Å². The smallest absolute Gasteiger partial charge is 0.416 e. The van der Waals surface area contributed by atoms with Crippen molar-refractivity contribution in [2.24, 2.45) is 18.9 Å². The fourth-order valence-corrected chi connectivity index (χ4v) is 7.65. The van der Waals surface area contributed by atoms with Crippen LogP contribution >= 0.6 is 0 Å². The van der Waals surface area contributed by atoms with Crippen molar-refractivity contribution in [1.82, 2.24) is 9.55 Å². The number of imidazole rings is 1. The number of esters is 1. The number of aryl methyl sites for hydroxylation is 2. The first kappa shape index (κ1) is 35.8. The maximum absolute atomic E-state index is 14.6. The molecule has 0 unspecified atom stereocenters. The largest absolute Gasteiger partial charge is 0.469 e. The summed E-state index contributed by atoms with van der Waals surface area (Å²) in [7, 11) is 0.427. The van der Waals surface area contributed by atoms with E-state index in [4.69, 9.17) is 9.47 Å². The normalized spacial score (nSPS) is 19.9. The minimum absolute atomic E-state index is 0.0532. The predicted molar refractivity (Wildman–Crippen MR) is 174 cm³/mol. The summed E-state index contributed by atoms with van der Waals surface area (Å²) in [5.74, 6) is -4.94. The highest BCUT2D eigenvalue weighted by atomic mass is 32.2. The molecule has 10 nitrogen and oxygen atoms in total. The lowest BCUT2D eigenvalue weighted by atomic mass is 9.67. The predicted octanol–water partition coefficient (Wildman–Crippen LogP) is 6.19. The van der Waals surface area contributed by atoms with Crippen LogP contribution in [0.5, 0.6) is 0 Å². The molecule has 15 heteroatoms. The molecule has 0 bridgehead atoms. The SMILES string of the molecule is CCO[C@@H]1CC[C@@H](C(=O)Nc2ccc(C(F)(F)F)cc2F)[C@H](C(=O)OC)[C@H]1c1ccc(N(C)S(=O)(=O)c2ccc3c(c2)nc(C)n3C)cc1. The number of hydrogen-bond donors (Lipinski definition) is 1. The third kappa shape index (κ3) is 6.99. The molecule has 1 aliphatic carbocycles.